The van der Waals surface area contributed by atoms with E-state index in [1.807, 2.05) is 0 Å². The van der Waals surface area contributed by atoms with Crippen LogP contribution in [0.5, 0.6) is 0 Å². The first-order valence-corrected chi connectivity index (χ1v) is 4.43. The molecular weight excluding hydrogens is 228 g/mol. The Morgan fingerprint density at radius 1 is 1.19 bits per heavy atom. The van der Waals surface area contributed by atoms with Gasteiger partial charge in [0.25, 0.3) is 11.9 Å². The van der Waals surface area contributed by atoms with E-state index < -0.39 is 41.9 Å². The second kappa shape index (κ2) is 4.65. The van der Waals surface area contributed by atoms with Crippen molar-refractivity contribution in [3.8, 4) is 0 Å². The Morgan fingerprint density at radius 2 is 1.62 bits per heavy atom. The van der Waals surface area contributed by atoms with Crippen molar-refractivity contribution in [1.29, 1.82) is 0 Å². The molecule has 1 aromatic heterocycles. The third kappa shape index (κ3) is 2.08. The van der Waals surface area contributed by atoms with E-state index in [1.54, 1.807) is 0 Å². The summed E-state index contributed by atoms with van der Waals surface area (Å²) in [6, 6.07) is -0.690. The lowest BCUT2D eigenvalue weighted by atomic mass is 10.2. The molecule has 1 unspecified atom stereocenters. The first-order chi connectivity index (χ1) is 7.40. The number of aliphatic hydroxyl groups is 1. The van der Waals surface area contributed by atoms with Gasteiger partial charge in [-0.05, 0) is 6.92 Å². The Balaban J connectivity index is 3.31. The third-order valence-electron chi connectivity index (χ3n) is 2.25. The summed E-state index contributed by atoms with van der Waals surface area (Å²) in [4.78, 5) is 3.33. The second-order valence-electron chi connectivity index (χ2n) is 3.31. The fourth-order valence-corrected chi connectivity index (χ4v) is 1.13. The molecule has 0 radical (unpaired) electrons. The van der Waals surface area contributed by atoms with Crippen LogP contribution in [0.2, 0.25) is 0 Å². The standard InChI is InChI=1S/C9H10F4N2O/c1-4(3-16)15(2)7-5(10)8(12)14-9(13)6(7)11/h4,16H,3H2,1-2H3. The van der Waals surface area contributed by atoms with Crippen molar-refractivity contribution in [3.63, 3.8) is 0 Å². The number of aliphatic hydroxyl groups excluding tert-OH is 1. The molecule has 1 aromatic rings. The molecule has 0 fully saturated rings. The van der Waals surface area contributed by atoms with Gasteiger partial charge >= 0.3 is 0 Å². The van der Waals surface area contributed by atoms with Crippen LogP contribution in [0.4, 0.5) is 23.2 Å². The molecule has 3 nitrogen and oxygen atoms in total. The van der Waals surface area contributed by atoms with E-state index in [1.165, 1.54) is 14.0 Å². The van der Waals surface area contributed by atoms with Gasteiger partial charge in [-0.15, -0.1) is 0 Å². The first-order valence-electron chi connectivity index (χ1n) is 4.43. The Bertz CT molecular complexity index is 373. The Hall–Kier alpha value is -1.37. The molecule has 0 saturated carbocycles. The summed E-state index contributed by atoms with van der Waals surface area (Å²) in [6.07, 6.45) is 0. The van der Waals surface area contributed by atoms with Crippen LogP contribution in [0.15, 0.2) is 0 Å². The fourth-order valence-electron chi connectivity index (χ4n) is 1.13. The lowest BCUT2D eigenvalue weighted by Gasteiger charge is -2.25. The van der Waals surface area contributed by atoms with Crippen LogP contribution < -0.4 is 4.90 Å². The average molecular weight is 238 g/mol. The number of hydrogen-bond donors (Lipinski definition) is 1. The maximum atomic E-state index is 13.2. The summed E-state index contributed by atoms with van der Waals surface area (Å²) < 4.78 is 52.0. The highest BCUT2D eigenvalue weighted by atomic mass is 19.2. The Labute approximate surface area is 89.3 Å². The molecule has 16 heavy (non-hydrogen) atoms. The zero-order valence-corrected chi connectivity index (χ0v) is 8.64. The molecule has 0 saturated heterocycles. The molecule has 0 aliphatic heterocycles. The van der Waals surface area contributed by atoms with Crippen molar-refractivity contribution >= 4 is 5.69 Å². The SMILES string of the molecule is CC(CO)N(C)c1c(F)c(F)nc(F)c1F. The number of aromatic nitrogens is 1. The number of hydrogen-bond acceptors (Lipinski definition) is 3. The predicted octanol–water partition coefficient (Wildman–Crippen LogP) is 1.46. The number of nitrogens with zero attached hydrogens (tertiary/aromatic N) is 2. The summed E-state index contributed by atoms with van der Waals surface area (Å²) in [5, 5.41) is 8.80. The largest absolute Gasteiger partial charge is 0.394 e. The normalized spacial score (nSPS) is 12.7. The maximum Gasteiger partial charge on any atom is 0.253 e. The number of halogens is 4. The molecule has 1 heterocycles. The average Bonchev–Trinajstić information content (AvgIpc) is 2.25. The second-order valence-corrected chi connectivity index (χ2v) is 3.31. The molecule has 7 heteroatoms. The monoisotopic (exact) mass is 238 g/mol. The summed E-state index contributed by atoms with van der Waals surface area (Å²) >= 11 is 0. The first kappa shape index (κ1) is 12.7. The molecule has 0 aliphatic rings. The van der Waals surface area contributed by atoms with Gasteiger partial charge in [0.05, 0.1) is 6.61 Å². The minimum atomic E-state index is -1.72. The number of anilines is 1. The van der Waals surface area contributed by atoms with Gasteiger partial charge in [0.1, 0.15) is 5.69 Å². The molecule has 1 rings (SSSR count). The minimum Gasteiger partial charge on any atom is -0.394 e. The molecule has 0 aromatic carbocycles. The molecule has 90 valence electrons. The van der Waals surface area contributed by atoms with Crippen LogP contribution in [0, 0.1) is 23.5 Å². The van der Waals surface area contributed by atoms with E-state index in [-0.39, 0.29) is 0 Å². The lowest BCUT2D eigenvalue weighted by Crippen LogP contribution is -2.34. The molecule has 0 spiro atoms. The lowest BCUT2D eigenvalue weighted by molar-refractivity contribution is 0.268. The van der Waals surface area contributed by atoms with Crippen LogP contribution in [0.25, 0.3) is 0 Å². The highest BCUT2D eigenvalue weighted by Gasteiger charge is 2.25. The molecule has 0 bridgehead atoms. The van der Waals surface area contributed by atoms with Crippen molar-refractivity contribution in [2.24, 2.45) is 0 Å². The maximum absolute atomic E-state index is 13.2. The quantitative estimate of drug-likeness (QED) is 0.639. The van der Waals surface area contributed by atoms with E-state index >= 15 is 0 Å². The van der Waals surface area contributed by atoms with Gasteiger partial charge in [-0.3, -0.25) is 0 Å². The number of pyridine rings is 1. The molecule has 1 atom stereocenters. The van der Waals surface area contributed by atoms with Gasteiger partial charge in [0.15, 0.2) is 0 Å². The Kier molecular flexibility index (Phi) is 3.69. The summed E-state index contributed by atoms with van der Waals surface area (Å²) in [7, 11) is 1.21. The van der Waals surface area contributed by atoms with E-state index in [2.05, 4.69) is 4.98 Å². The zero-order chi connectivity index (χ0) is 12.5. The predicted molar refractivity (Wildman–Crippen MR) is 49.0 cm³/mol. The van der Waals surface area contributed by atoms with Crippen molar-refractivity contribution in [3.05, 3.63) is 23.5 Å². The van der Waals surface area contributed by atoms with Crippen LogP contribution >= 0.6 is 0 Å². The van der Waals surface area contributed by atoms with E-state index in [9.17, 15) is 17.6 Å². The summed E-state index contributed by atoms with van der Waals surface area (Å²) in [5.74, 6) is -6.60. The topological polar surface area (TPSA) is 36.4 Å². The fraction of sp³-hybridized carbons (Fsp3) is 0.444. The van der Waals surface area contributed by atoms with Crippen molar-refractivity contribution in [2.45, 2.75) is 13.0 Å². The highest BCUT2D eigenvalue weighted by Crippen LogP contribution is 2.26. The number of likely N-dealkylation sites (N-methyl/N-ethyl adjacent to an activating group) is 1. The Morgan fingerprint density at radius 3 is 2.00 bits per heavy atom. The van der Waals surface area contributed by atoms with Crippen LogP contribution in [-0.4, -0.2) is 29.8 Å². The van der Waals surface area contributed by atoms with E-state index in [0.717, 1.165) is 4.90 Å². The van der Waals surface area contributed by atoms with E-state index in [0.29, 0.717) is 0 Å². The zero-order valence-electron chi connectivity index (χ0n) is 8.64. The number of rotatable bonds is 3. The van der Waals surface area contributed by atoms with Gasteiger partial charge in [-0.25, -0.2) is 0 Å². The van der Waals surface area contributed by atoms with Crippen molar-refractivity contribution in [1.82, 2.24) is 4.98 Å². The molecule has 0 aliphatic carbocycles. The smallest absolute Gasteiger partial charge is 0.253 e. The van der Waals surface area contributed by atoms with Crippen molar-refractivity contribution < 1.29 is 22.7 Å². The molecule has 0 amide bonds. The van der Waals surface area contributed by atoms with Gasteiger partial charge in [-0.1, -0.05) is 0 Å². The van der Waals surface area contributed by atoms with Gasteiger partial charge in [-0.2, -0.15) is 22.5 Å². The minimum absolute atomic E-state index is 0.416. The van der Waals surface area contributed by atoms with Crippen LogP contribution in [-0.2, 0) is 0 Å². The van der Waals surface area contributed by atoms with Crippen molar-refractivity contribution in [2.75, 3.05) is 18.6 Å². The third-order valence-corrected chi connectivity index (χ3v) is 2.25. The van der Waals surface area contributed by atoms with Gasteiger partial charge < -0.3 is 10.0 Å². The molecule has 1 N–H and O–H groups in total. The van der Waals surface area contributed by atoms with Gasteiger partial charge in [0.2, 0.25) is 11.6 Å². The summed E-state index contributed by atoms with van der Waals surface area (Å²) in [6.45, 7) is 1.02. The summed E-state index contributed by atoms with van der Waals surface area (Å²) in [5.41, 5.74) is -0.883. The molecular formula is C9H10F4N2O. The van der Waals surface area contributed by atoms with Gasteiger partial charge in [0, 0.05) is 13.1 Å². The van der Waals surface area contributed by atoms with E-state index in [4.69, 9.17) is 5.11 Å². The van der Waals surface area contributed by atoms with Crippen LogP contribution in [0.3, 0.4) is 0 Å². The highest BCUT2D eigenvalue weighted by molar-refractivity contribution is 5.48. The van der Waals surface area contributed by atoms with Crippen LogP contribution in [0.1, 0.15) is 6.92 Å².